The van der Waals surface area contributed by atoms with Crippen molar-refractivity contribution in [3.05, 3.63) is 35.4 Å². The summed E-state index contributed by atoms with van der Waals surface area (Å²) in [6, 6.07) is 5.13. The Morgan fingerprint density at radius 3 is 2.69 bits per heavy atom. The van der Waals surface area contributed by atoms with Crippen molar-refractivity contribution >= 4 is 12.4 Å². The summed E-state index contributed by atoms with van der Waals surface area (Å²) in [5.74, 6) is 2.97. The van der Waals surface area contributed by atoms with E-state index in [1.807, 2.05) is 6.07 Å². The molecule has 1 N–H and O–H groups in total. The summed E-state index contributed by atoms with van der Waals surface area (Å²) in [6.45, 7) is 2.50. The minimum atomic E-state index is -2.86. The first kappa shape index (κ1) is 21.7. The van der Waals surface area contributed by atoms with Gasteiger partial charge in [-0.15, -0.1) is 22.6 Å². The van der Waals surface area contributed by atoms with Gasteiger partial charge in [0.25, 0.3) is 0 Å². The number of hydrogen-bond donors (Lipinski definition) is 1. The molecule has 1 saturated heterocycles. The van der Waals surface area contributed by atoms with Crippen LogP contribution < -0.4 is 14.8 Å². The molecule has 1 aromatic heterocycles. The molecule has 10 heteroatoms. The Kier molecular flexibility index (Phi) is 7.26. The van der Waals surface area contributed by atoms with E-state index in [0.29, 0.717) is 11.7 Å². The van der Waals surface area contributed by atoms with Crippen molar-refractivity contribution in [1.29, 1.82) is 0 Å². The van der Waals surface area contributed by atoms with E-state index in [2.05, 4.69) is 29.7 Å². The van der Waals surface area contributed by atoms with Gasteiger partial charge in [0.05, 0.1) is 13.7 Å². The lowest BCUT2D eigenvalue weighted by Crippen LogP contribution is -2.34. The van der Waals surface area contributed by atoms with Crippen molar-refractivity contribution in [2.24, 2.45) is 0 Å². The molecule has 7 nitrogen and oxygen atoms in total. The van der Waals surface area contributed by atoms with Gasteiger partial charge in [-0.25, -0.2) is 0 Å². The first-order valence-electron chi connectivity index (χ1n) is 9.61. The minimum Gasteiger partial charge on any atom is -0.493 e. The molecule has 0 bridgehead atoms. The topological polar surface area (TPSA) is 64.4 Å². The number of hydrogen-bond acceptors (Lipinski definition) is 6. The van der Waals surface area contributed by atoms with Crippen LogP contribution in [0.4, 0.5) is 8.78 Å². The van der Waals surface area contributed by atoms with E-state index in [4.69, 9.17) is 4.74 Å². The molecule has 0 saturated carbocycles. The molecule has 2 aromatic rings. The van der Waals surface area contributed by atoms with Crippen molar-refractivity contribution in [3.63, 3.8) is 0 Å². The van der Waals surface area contributed by atoms with Crippen LogP contribution in [-0.4, -0.2) is 53.0 Å². The van der Waals surface area contributed by atoms with E-state index < -0.39 is 6.61 Å². The molecule has 2 aliphatic heterocycles. The number of rotatable bonds is 6. The fourth-order valence-electron chi connectivity index (χ4n) is 4.03. The molecule has 1 fully saturated rings. The lowest BCUT2D eigenvalue weighted by Gasteiger charge is -2.32. The second-order valence-electron chi connectivity index (χ2n) is 7.22. The highest BCUT2D eigenvalue weighted by molar-refractivity contribution is 5.85. The monoisotopic (exact) mass is 429 g/mol. The molecule has 0 amide bonds. The van der Waals surface area contributed by atoms with Gasteiger partial charge in [-0.3, -0.25) is 4.90 Å². The molecule has 0 spiro atoms. The zero-order chi connectivity index (χ0) is 19.5. The Labute approximate surface area is 174 Å². The van der Waals surface area contributed by atoms with Crippen LogP contribution in [0, 0.1) is 0 Å². The standard InChI is InChI=1S/C19H25F2N5O2.ClH/c1-27-16-10-13(2-3-15(16)28-19(20)21)12-25-7-4-14(5-8-25)18-24-23-17-11-22-6-9-26(17)18;/h2-3,10,14,19,22H,4-9,11-12H2,1H3;1H. The number of alkyl halides is 2. The zero-order valence-corrected chi connectivity index (χ0v) is 17.1. The maximum absolute atomic E-state index is 12.5. The van der Waals surface area contributed by atoms with E-state index >= 15 is 0 Å². The Morgan fingerprint density at radius 2 is 1.97 bits per heavy atom. The Bertz CT molecular complexity index is 812. The average Bonchev–Trinajstić information content (AvgIpc) is 3.13. The van der Waals surface area contributed by atoms with Gasteiger partial charge in [-0.1, -0.05) is 6.07 Å². The molecular weight excluding hydrogens is 404 g/mol. The third-order valence-electron chi connectivity index (χ3n) is 5.45. The van der Waals surface area contributed by atoms with E-state index in [0.717, 1.165) is 69.3 Å². The number of methoxy groups -OCH3 is 1. The van der Waals surface area contributed by atoms with Gasteiger partial charge in [0.15, 0.2) is 11.5 Å². The van der Waals surface area contributed by atoms with E-state index in [9.17, 15) is 8.78 Å². The van der Waals surface area contributed by atoms with Crippen molar-refractivity contribution < 1.29 is 18.3 Å². The van der Waals surface area contributed by atoms with Crippen molar-refractivity contribution in [2.75, 3.05) is 26.7 Å². The number of likely N-dealkylation sites (tertiary alicyclic amines) is 1. The van der Waals surface area contributed by atoms with E-state index in [-0.39, 0.29) is 18.2 Å². The number of ether oxygens (including phenoxy) is 2. The summed E-state index contributed by atoms with van der Waals surface area (Å²) in [5.41, 5.74) is 1.02. The highest BCUT2D eigenvalue weighted by atomic mass is 35.5. The predicted molar refractivity (Wildman–Crippen MR) is 106 cm³/mol. The van der Waals surface area contributed by atoms with Crippen LogP contribution in [0.3, 0.4) is 0 Å². The number of fused-ring (bicyclic) bond motifs is 1. The van der Waals surface area contributed by atoms with Crippen LogP contribution in [0.15, 0.2) is 18.2 Å². The number of halogens is 3. The van der Waals surface area contributed by atoms with Gasteiger partial charge < -0.3 is 19.4 Å². The van der Waals surface area contributed by atoms with E-state index in [1.54, 1.807) is 12.1 Å². The summed E-state index contributed by atoms with van der Waals surface area (Å²) in [5, 5.41) is 12.1. The summed E-state index contributed by atoms with van der Waals surface area (Å²) in [7, 11) is 1.46. The molecule has 29 heavy (non-hydrogen) atoms. The summed E-state index contributed by atoms with van der Waals surface area (Å²) >= 11 is 0. The normalized spacial score (nSPS) is 17.7. The number of nitrogens with one attached hydrogen (secondary N) is 1. The zero-order valence-electron chi connectivity index (χ0n) is 16.3. The maximum Gasteiger partial charge on any atom is 0.387 e. The highest BCUT2D eigenvalue weighted by Crippen LogP contribution is 2.32. The largest absolute Gasteiger partial charge is 0.493 e. The Hall–Kier alpha value is -1.97. The Balaban J connectivity index is 0.00000240. The van der Waals surface area contributed by atoms with Crippen LogP contribution in [0.1, 0.15) is 36.0 Å². The van der Waals surface area contributed by atoms with Crippen LogP contribution in [-0.2, 0) is 19.6 Å². The van der Waals surface area contributed by atoms with Gasteiger partial charge in [-0.05, 0) is 43.6 Å². The third kappa shape index (κ3) is 4.96. The fraction of sp³-hybridized carbons (Fsp3) is 0.579. The molecule has 160 valence electrons. The molecule has 0 aliphatic carbocycles. The first-order valence-corrected chi connectivity index (χ1v) is 9.61. The predicted octanol–water partition coefficient (Wildman–Crippen LogP) is 2.79. The second kappa shape index (κ2) is 9.69. The van der Waals surface area contributed by atoms with Crippen molar-refractivity contribution in [1.82, 2.24) is 25.0 Å². The van der Waals surface area contributed by atoms with E-state index in [1.165, 1.54) is 7.11 Å². The van der Waals surface area contributed by atoms with Gasteiger partial charge >= 0.3 is 6.61 Å². The molecular formula is C19H26ClF2N5O2. The first-order chi connectivity index (χ1) is 13.6. The van der Waals surface area contributed by atoms with Crippen molar-refractivity contribution in [3.8, 4) is 11.5 Å². The number of piperidine rings is 1. The fourth-order valence-corrected chi connectivity index (χ4v) is 4.03. The molecule has 0 atom stereocenters. The van der Waals surface area contributed by atoms with Crippen molar-refractivity contribution in [2.45, 2.75) is 45.0 Å². The molecule has 2 aliphatic rings. The summed E-state index contributed by atoms with van der Waals surface area (Å²) in [4.78, 5) is 2.37. The smallest absolute Gasteiger partial charge is 0.387 e. The average molecular weight is 430 g/mol. The van der Waals surface area contributed by atoms with Gasteiger partial charge in [0, 0.05) is 25.6 Å². The molecule has 0 unspecified atom stereocenters. The lowest BCUT2D eigenvalue weighted by molar-refractivity contribution is -0.0512. The molecule has 3 heterocycles. The Morgan fingerprint density at radius 1 is 1.17 bits per heavy atom. The maximum atomic E-state index is 12.5. The SMILES string of the molecule is COc1cc(CN2CCC(c3nnc4n3CCNC4)CC2)ccc1OC(F)F.Cl. The number of aromatic nitrogens is 3. The van der Waals surface area contributed by atoms with Gasteiger partial charge in [0.1, 0.15) is 11.6 Å². The molecule has 0 radical (unpaired) electrons. The van der Waals surface area contributed by atoms with Crippen LogP contribution in [0.25, 0.3) is 0 Å². The molecule has 1 aromatic carbocycles. The van der Waals surface area contributed by atoms with Crippen LogP contribution >= 0.6 is 12.4 Å². The quantitative estimate of drug-likeness (QED) is 0.761. The summed E-state index contributed by atoms with van der Waals surface area (Å²) in [6.07, 6.45) is 2.07. The second-order valence-corrected chi connectivity index (χ2v) is 7.22. The minimum absolute atomic E-state index is 0. The van der Waals surface area contributed by atoms with Gasteiger partial charge in [0.2, 0.25) is 0 Å². The van der Waals surface area contributed by atoms with Gasteiger partial charge in [-0.2, -0.15) is 8.78 Å². The number of nitrogens with zero attached hydrogens (tertiary/aromatic N) is 4. The van der Waals surface area contributed by atoms with Crippen LogP contribution in [0.2, 0.25) is 0 Å². The summed E-state index contributed by atoms with van der Waals surface area (Å²) < 4.78 is 36.9. The number of benzene rings is 1. The third-order valence-corrected chi connectivity index (χ3v) is 5.45. The van der Waals surface area contributed by atoms with Crippen LogP contribution in [0.5, 0.6) is 11.5 Å². The lowest BCUT2D eigenvalue weighted by atomic mass is 9.95. The highest BCUT2D eigenvalue weighted by Gasteiger charge is 2.27. The molecule has 4 rings (SSSR count).